The topological polar surface area (TPSA) is 75.4 Å². The molecule has 1 N–H and O–H groups in total. The fourth-order valence-corrected chi connectivity index (χ4v) is 3.48. The van der Waals surface area contributed by atoms with Gasteiger partial charge in [-0.2, -0.15) is 5.10 Å². The van der Waals surface area contributed by atoms with Crippen LogP contribution in [0.4, 0.5) is 5.82 Å². The highest BCUT2D eigenvalue weighted by molar-refractivity contribution is 5.99. The largest absolute Gasteiger partial charge is 0.356 e. The zero-order valence-corrected chi connectivity index (χ0v) is 14.1. The van der Waals surface area contributed by atoms with E-state index in [0.717, 1.165) is 37.4 Å². The number of hydrogen-bond acceptors (Lipinski definition) is 5. The molecule has 0 aliphatic carbocycles. The molecule has 7 heteroatoms. The molecule has 0 spiro atoms. The van der Waals surface area contributed by atoms with Crippen molar-refractivity contribution in [2.75, 3.05) is 25.0 Å². The van der Waals surface area contributed by atoms with Gasteiger partial charge in [0.05, 0.1) is 11.9 Å². The van der Waals surface area contributed by atoms with Gasteiger partial charge in [-0.25, -0.2) is 14.5 Å². The highest BCUT2D eigenvalue weighted by Gasteiger charge is 2.25. The SMILES string of the molecule is CNC(=O)c1cnn2c(C3CCCN(c4ccccn4)C3)ccnc12. The maximum atomic E-state index is 12.0. The third kappa shape index (κ3) is 2.82. The third-order valence-corrected chi connectivity index (χ3v) is 4.72. The second kappa shape index (κ2) is 6.51. The molecule has 3 aromatic heterocycles. The summed E-state index contributed by atoms with van der Waals surface area (Å²) < 4.78 is 1.80. The summed E-state index contributed by atoms with van der Waals surface area (Å²) in [5.41, 5.74) is 2.19. The number of aromatic nitrogens is 4. The van der Waals surface area contributed by atoms with E-state index < -0.39 is 0 Å². The monoisotopic (exact) mass is 336 g/mol. The van der Waals surface area contributed by atoms with E-state index in [2.05, 4.69) is 25.3 Å². The van der Waals surface area contributed by atoms with Crippen LogP contribution in [0.5, 0.6) is 0 Å². The van der Waals surface area contributed by atoms with Crippen LogP contribution in [0.25, 0.3) is 5.65 Å². The third-order valence-electron chi connectivity index (χ3n) is 4.72. The second-order valence-corrected chi connectivity index (χ2v) is 6.22. The molecule has 0 saturated carbocycles. The first-order valence-electron chi connectivity index (χ1n) is 8.48. The quantitative estimate of drug-likeness (QED) is 0.790. The van der Waals surface area contributed by atoms with Crippen LogP contribution in [0.2, 0.25) is 0 Å². The zero-order valence-electron chi connectivity index (χ0n) is 14.1. The lowest BCUT2D eigenvalue weighted by molar-refractivity contribution is 0.0964. The van der Waals surface area contributed by atoms with Gasteiger partial charge in [-0.05, 0) is 31.0 Å². The summed E-state index contributed by atoms with van der Waals surface area (Å²) in [4.78, 5) is 23.1. The molecule has 0 radical (unpaired) electrons. The number of fused-ring (bicyclic) bond motifs is 1. The van der Waals surface area contributed by atoms with Crippen molar-refractivity contribution in [1.82, 2.24) is 24.9 Å². The molecule has 4 heterocycles. The molecule has 128 valence electrons. The Hall–Kier alpha value is -2.96. The minimum absolute atomic E-state index is 0.168. The van der Waals surface area contributed by atoms with Gasteiger partial charge in [0.2, 0.25) is 0 Å². The van der Waals surface area contributed by atoms with Crippen molar-refractivity contribution in [3.63, 3.8) is 0 Å². The molecule has 1 amide bonds. The number of piperidine rings is 1. The van der Waals surface area contributed by atoms with E-state index in [-0.39, 0.29) is 5.91 Å². The molecule has 1 unspecified atom stereocenters. The summed E-state index contributed by atoms with van der Waals surface area (Å²) in [6, 6.07) is 7.99. The maximum absolute atomic E-state index is 12.0. The van der Waals surface area contributed by atoms with Gasteiger partial charge in [0.15, 0.2) is 5.65 Å². The minimum Gasteiger partial charge on any atom is -0.356 e. The predicted molar refractivity (Wildman–Crippen MR) is 94.8 cm³/mol. The van der Waals surface area contributed by atoms with Gasteiger partial charge in [-0.1, -0.05) is 6.07 Å². The van der Waals surface area contributed by atoms with Gasteiger partial charge >= 0.3 is 0 Å². The Morgan fingerprint density at radius 3 is 2.96 bits per heavy atom. The standard InChI is InChI=1S/C18H20N6O/c1-19-18(25)14-11-22-24-15(7-9-21-17(14)24)13-5-4-10-23(12-13)16-6-2-3-8-20-16/h2-3,6-9,11,13H,4-5,10,12H2,1H3,(H,19,25). The predicted octanol–water partition coefficient (Wildman–Crippen LogP) is 1.87. The smallest absolute Gasteiger partial charge is 0.256 e. The lowest BCUT2D eigenvalue weighted by Gasteiger charge is -2.33. The normalized spacial score (nSPS) is 17.6. The molecule has 1 atom stereocenters. The van der Waals surface area contributed by atoms with Crippen LogP contribution in [0.3, 0.4) is 0 Å². The van der Waals surface area contributed by atoms with Crippen molar-refractivity contribution in [3.8, 4) is 0 Å². The molecule has 3 aromatic rings. The Kier molecular flexibility index (Phi) is 4.05. The summed E-state index contributed by atoms with van der Waals surface area (Å²) in [7, 11) is 1.61. The number of pyridine rings is 1. The Morgan fingerprint density at radius 1 is 1.24 bits per heavy atom. The second-order valence-electron chi connectivity index (χ2n) is 6.22. The zero-order chi connectivity index (χ0) is 17.2. The summed E-state index contributed by atoms with van der Waals surface area (Å²) >= 11 is 0. The van der Waals surface area contributed by atoms with Gasteiger partial charge in [0.25, 0.3) is 5.91 Å². The molecule has 7 nitrogen and oxygen atoms in total. The van der Waals surface area contributed by atoms with Gasteiger partial charge in [0.1, 0.15) is 11.4 Å². The first-order chi connectivity index (χ1) is 12.3. The number of anilines is 1. The summed E-state index contributed by atoms with van der Waals surface area (Å²) in [5, 5.41) is 7.06. The Morgan fingerprint density at radius 2 is 2.16 bits per heavy atom. The van der Waals surface area contributed by atoms with Crippen molar-refractivity contribution in [2.45, 2.75) is 18.8 Å². The van der Waals surface area contributed by atoms with E-state index in [1.807, 2.05) is 30.5 Å². The molecule has 1 saturated heterocycles. The van der Waals surface area contributed by atoms with Gasteiger partial charge < -0.3 is 10.2 Å². The number of carbonyl (C=O) groups is 1. The Bertz CT molecular complexity index is 891. The highest BCUT2D eigenvalue weighted by Crippen LogP contribution is 2.29. The van der Waals surface area contributed by atoms with Gasteiger partial charge in [0, 0.05) is 38.4 Å². The molecule has 1 aliphatic heterocycles. The Balaban J connectivity index is 1.67. The number of hydrogen-bond donors (Lipinski definition) is 1. The summed E-state index contributed by atoms with van der Waals surface area (Å²) in [6.07, 6.45) is 7.35. The number of nitrogens with zero attached hydrogens (tertiary/aromatic N) is 5. The maximum Gasteiger partial charge on any atom is 0.256 e. The molecule has 0 bridgehead atoms. The average Bonchev–Trinajstić information content (AvgIpc) is 3.12. The van der Waals surface area contributed by atoms with E-state index in [1.54, 1.807) is 24.0 Å². The highest BCUT2D eigenvalue weighted by atomic mass is 16.1. The number of carbonyl (C=O) groups excluding carboxylic acids is 1. The molecular weight excluding hydrogens is 316 g/mol. The molecular formula is C18H20N6O. The van der Waals surface area contributed by atoms with Crippen molar-refractivity contribution in [3.05, 3.63) is 54.1 Å². The fraction of sp³-hybridized carbons (Fsp3) is 0.333. The van der Waals surface area contributed by atoms with E-state index in [0.29, 0.717) is 17.1 Å². The molecule has 4 rings (SSSR count). The number of nitrogens with one attached hydrogen (secondary N) is 1. The first kappa shape index (κ1) is 15.6. The number of amides is 1. The summed E-state index contributed by atoms with van der Waals surface area (Å²) in [6.45, 7) is 1.88. The molecule has 25 heavy (non-hydrogen) atoms. The molecule has 1 aliphatic rings. The average molecular weight is 336 g/mol. The van der Waals surface area contributed by atoms with E-state index >= 15 is 0 Å². The fourth-order valence-electron chi connectivity index (χ4n) is 3.48. The van der Waals surface area contributed by atoms with Crippen LogP contribution in [-0.4, -0.2) is 45.6 Å². The van der Waals surface area contributed by atoms with E-state index in [4.69, 9.17) is 0 Å². The molecule has 0 aromatic carbocycles. The van der Waals surface area contributed by atoms with Crippen molar-refractivity contribution in [2.24, 2.45) is 0 Å². The van der Waals surface area contributed by atoms with E-state index in [1.165, 1.54) is 0 Å². The van der Waals surface area contributed by atoms with Crippen LogP contribution < -0.4 is 10.2 Å². The van der Waals surface area contributed by atoms with Crippen LogP contribution >= 0.6 is 0 Å². The van der Waals surface area contributed by atoms with Crippen LogP contribution in [0, 0.1) is 0 Å². The van der Waals surface area contributed by atoms with Gasteiger partial charge in [-0.3, -0.25) is 4.79 Å². The lowest BCUT2D eigenvalue weighted by Crippen LogP contribution is -2.35. The summed E-state index contributed by atoms with van der Waals surface area (Å²) in [5.74, 6) is 1.15. The van der Waals surface area contributed by atoms with Crippen molar-refractivity contribution >= 4 is 17.4 Å². The molecule has 1 fully saturated rings. The minimum atomic E-state index is -0.168. The van der Waals surface area contributed by atoms with Crippen molar-refractivity contribution in [1.29, 1.82) is 0 Å². The van der Waals surface area contributed by atoms with Crippen molar-refractivity contribution < 1.29 is 4.79 Å². The number of rotatable bonds is 3. The van der Waals surface area contributed by atoms with E-state index in [9.17, 15) is 4.79 Å². The first-order valence-corrected chi connectivity index (χ1v) is 8.48. The van der Waals surface area contributed by atoms with Crippen LogP contribution in [-0.2, 0) is 0 Å². The van der Waals surface area contributed by atoms with Crippen LogP contribution in [0.15, 0.2) is 42.9 Å². The lowest BCUT2D eigenvalue weighted by atomic mass is 9.94. The van der Waals surface area contributed by atoms with Crippen LogP contribution in [0.1, 0.15) is 34.8 Å². The Labute approximate surface area is 145 Å². The van der Waals surface area contributed by atoms with Gasteiger partial charge in [-0.15, -0.1) is 0 Å².